The molecule has 1 saturated heterocycles. The van der Waals surface area contributed by atoms with E-state index in [1.165, 1.54) is 6.07 Å². The highest BCUT2D eigenvalue weighted by Gasteiger charge is 2.18. The van der Waals surface area contributed by atoms with E-state index in [0.717, 1.165) is 70.4 Å². The lowest BCUT2D eigenvalue weighted by atomic mass is 10.2. The molecule has 2 aromatic rings. The Hall–Kier alpha value is -2.54. The molecule has 1 aliphatic rings. The van der Waals surface area contributed by atoms with Crippen LogP contribution in [-0.2, 0) is 6.54 Å². The first-order valence-electron chi connectivity index (χ1n) is 10.0. The maximum atomic E-state index is 13.9. The minimum Gasteiger partial charge on any atom is -0.367 e. The van der Waals surface area contributed by atoms with Crippen molar-refractivity contribution in [1.29, 1.82) is 0 Å². The molecular weight excluding hydrogens is 355 g/mol. The van der Waals surface area contributed by atoms with Gasteiger partial charge in [0.1, 0.15) is 5.82 Å². The number of anilines is 1. The molecule has 0 spiro atoms. The molecule has 3 rings (SSSR count). The molecule has 0 saturated carbocycles. The van der Waals surface area contributed by atoms with Gasteiger partial charge in [-0.1, -0.05) is 12.1 Å². The van der Waals surface area contributed by atoms with E-state index in [4.69, 9.17) is 0 Å². The van der Waals surface area contributed by atoms with Crippen molar-refractivity contribution in [3.63, 3.8) is 0 Å². The first-order valence-corrected chi connectivity index (χ1v) is 10.0. The number of nitrogens with zero attached hydrogens (tertiary/aromatic N) is 4. The Labute approximate surface area is 167 Å². The van der Waals surface area contributed by atoms with Crippen LogP contribution in [0, 0.1) is 5.82 Å². The second-order valence-electron chi connectivity index (χ2n) is 6.98. The Balaban J connectivity index is 1.28. The van der Waals surface area contributed by atoms with Gasteiger partial charge in [0.25, 0.3) is 0 Å². The maximum Gasteiger partial charge on any atom is 0.191 e. The molecule has 28 heavy (non-hydrogen) atoms. The number of benzene rings is 1. The Morgan fingerprint density at radius 2 is 1.68 bits per heavy atom. The SMILES string of the molecule is CN=C(NCCCN1CCN(c2ccccc2F)CC1)NCCn1cccc1. The van der Waals surface area contributed by atoms with Crippen molar-refractivity contribution < 1.29 is 4.39 Å². The summed E-state index contributed by atoms with van der Waals surface area (Å²) in [7, 11) is 1.80. The van der Waals surface area contributed by atoms with Crippen LogP contribution in [0.4, 0.5) is 10.1 Å². The number of aliphatic imine (C=N–C) groups is 1. The zero-order valence-corrected chi connectivity index (χ0v) is 16.6. The Kier molecular flexibility index (Phi) is 7.72. The van der Waals surface area contributed by atoms with E-state index < -0.39 is 0 Å². The highest BCUT2D eigenvalue weighted by molar-refractivity contribution is 5.79. The highest BCUT2D eigenvalue weighted by Crippen LogP contribution is 2.20. The van der Waals surface area contributed by atoms with Crippen LogP contribution in [-0.4, -0.2) is 68.3 Å². The summed E-state index contributed by atoms with van der Waals surface area (Å²) in [5, 5.41) is 6.71. The van der Waals surface area contributed by atoms with Crippen molar-refractivity contribution in [2.45, 2.75) is 13.0 Å². The van der Waals surface area contributed by atoms with Gasteiger partial charge in [0.05, 0.1) is 5.69 Å². The Morgan fingerprint density at radius 3 is 2.39 bits per heavy atom. The van der Waals surface area contributed by atoms with Gasteiger partial charge < -0.3 is 20.1 Å². The molecule has 0 atom stereocenters. The van der Waals surface area contributed by atoms with Gasteiger partial charge in [-0.3, -0.25) is 9.89 Å². The second-order valence-corrected chi connectivity index (χ2v) is 6.98. The van der Waals surface area contributed by atoms with Crippen molar-refractivity contribution in [2.75, 3.05) is 57.8 Å². The summed E-state index contributed by atoms with van der Waals surface area (Å²) in [6.07, 6.45) is 5.17. The summed E-state index contributed by atoms with van der Waals surface area (Å²) in [5.74, 6) is 0.715. The van der Waals surface area contributed by atoms with Crippen molar-refractivity contribution in [3.05, 3.63) is 54.6 Å². The number of hydrogen-bond donors (Lipinski definition) is 2. The van der Waals surface area contributed by atoms with Crippen molar-refractivity contribution in [1.82, 2.24) is 20.1 Å². The molecule has 0 amide bonds. The molecule has 6 nitrogen and oxygen atoms in total. The third-order valence-corrected chi connectivity index (χ3v) is 5.06. The zero-order valence-electron chi connectivity index (χ0n) is 16.6. The van der Waals surface area contributed by atoms with Gasteiger partial charge in [-0.05, 0) is 37.2 Å². The van der Waals surface area contributed by atoms with Crippen LogP contribution in [0.15, 0.2) is 53.8 Å². The van der Waals surface area contributed by atoms with Crippen LogP contribution in [0.5, 0.6) is 0 Å². The zero-order chi connectivity index (χ0) is 19.6. The molecule has 0 bridgehead atoms. The van der Waals surface area contributed by atoms with Gasteiger partial charge in [0.15, 0.2) is 5.96 Å². The van der Waals surface area contributed by atoms with Crippen molar-refractivity contribution >= 4 is 11.6 Å². The third-order valence-electron chi connectivity index (χ3n) is 5.06. The van der Waals surface area contributed by atoms with Crippen LogP contribution < -0.4 is 15.5 Å². The van der Waals surface area contributed by atoms with Crippen LogP contribution in [0.1, 0.15) is 6.42 Å². The van der Waals surface area contributed by atoms with E-state index in [9.17, 15) is 4.39 Å². The number of para-hydroxylation sites is 1. The molecule has 1 aliphatic heterocycles. The first-order chi connectivity index (χ1) is 13.8. The number of aromatic nitrogens is 1. The minimum absolute atomic E-state index is 0.129. The van der Waals surface area contributed by atoms with Crippen LogP contribution in [0.25, 0.3) is 0 Å². The molecule has 2 heterocycles. The standard InChI is InChI=1S/C21H31FN6/c1-23-21(25-10-14-26-11-4-5-12-26)24-9-6-13-27-15-17-28(18-16-27)20-8-3-2-7-19(20)22/h2-5,7-8,11-12H,6,9-10,13-18H2,1H3,(H2,23,24,25). The van der Waals surface area contributed by atoms with Crippen LogP contribution in [0.3, 0.4) is 0 Å². The largest absolute Gasteiger partial charge is 0.367 e. The van der Waals surface area contributed by atoms with E-state index in [1.54, 1.807) is 13.1 Å². The first kappa shape index (κ1) is 20.2. The number of nitrogens with one attached hydrogen (secondary N) is 2. The van der Waals surface area contributed by atoms with E-state index >= 15 is 0 Å². The molecule has 1 aromatic heterocycles. The normalized spacial score (nSPS) is 15.6. The lowest BCUT2D eigenvalue weighted by molar-refractivity contribution is 0.254. The Morgan fingerprint density at radius 1 is 0.964 bits per heavy atom. The summed E-state index contributed by atoms with van der Waals surface area (Å²) >= 11 is 0. The molecule has 1 fully saturated rings. The van der Waals surface area contributed by atoms with Gasteiger partial charge in [-0.15, -0.1) is 0 Å². The molecule has 1 aromatic carbocycles. The van der Waals surface area contributed by atoms with Gasteiger partial charge in [0, 0.05) is 65.3 Å². The lowest BCUT2D eigenvalue weighted by Crippen LogP contribution is -2.47. The molecule has 7 heteroatoms. The van der Waals surface area contributed by atoms with Crippen molar-refractivity contribution in [2.24, 2.45) is 4.99 Å². The lowest BCUT2D eigenvalue weighted by Gasteiger charge is -2.36. The molecule has 0 aliphatic carbocycles. The molecular formula is C21H31FN6. The van der Waals surface area contributed by atoms with Gasteiger partial charge >= 0.3 is 0 Å². The minimum atomic E-state index is -0.129. The molecule has 152 valence electrons. The average Bonchev–Trinajstić information content (AvgIpc) is 3.24. The predicted octanol–water partition coefficient (Wildman–Crippen LogP) is 2.00. The number of halogens is 1. The summed E-state index contributed by atoms with van der Waals surface area (Å²) in [6.45, 7) is 7.37. The summed E-state index contributed by atoms with van der Waals surface area (Å²) in [5.41, 5.74) is 0.721. The predicted molar refractivity (Wildman–Crippen MR) is 113 cm³/mol. The summed E-state index contributed by atoms with van der Waals surface area (Å²) < 4.78 is 16.1. The number of guanidine groups is 1. The fraction of sp³-hybridized carbons (Fsp3) is 0.476. The van der Waals surface area contributed by atoms with Gasteiger partial charge in [-0.2, -0.15) is 0 Å². The van der Waals surface area contributed by atoms with E-state index in [1.807, 2.05) is 24.3 Å². The highest BCUT2D eigenvalue weighted by atomic mass is 19.1. The topological polar surface area (TPSA) is 47.8 Å². The smallest absolute Gasteiger partial charge is 0.191 e. The fourth-order valence-corrected chi connectivity index (χ4v) is 3.47. The summed E-state index contributed by atoms with van der Waals surface area (Å²) in [4.78, 5) is 8.86. The van der Waals surface area contributed by atoms with Crippen molar-refractivity contribution in [3.8, 4) is 0 Å². The summed E-state index contributed by atoms with van der Waals surface area (Å²) in [6, 6.07) is 11.1. The number of piperazine rings is 1. The number of hydrogen-bond acceptors (Lipinski definition) is 3. The molecule has 0 radical (unpaired) electrons. The molecule has 2 N–H and O–H groups in total. The quantitative estimate of drug-likeness (QED) is 0.414. The maximum absolute atomic E-state index is 13.9. The van der Waals surface area contributed by atoms with E-state index in [2.05, 4.69) is 42.4 Å². The fourth-order valence-electron chi connectivity index (χ4n) is 3.47. The van der Waals surface area contributed by atoms with Crippen LogP contribution >= 0.6 is 0 Å². The monoisotopic (exact) mass is 386 g/mol. The number of rotatable bonds is 8. The second kappa shape index (κ2) is 10.7. The third kappa shape index (κ3) is 5.99. The van der Waals surface area contributed by atoms with E-state index in [0.29, 0.717) is 0 Å². The van der Waals surface area contributed by atoms with E-state index in [-0.39, 0.29) is 5.82 Å². The van der Waals surface area contributed by atoms with Crippen LogP contribution in [0.2, 0.25) is 0 Å². The van der Waals surface area contributed by atoms with Gasteiger partial charge in [0.2, 0.25) is 0 Å². The Bertz CT molecular complexity index is 722. The molecule has 0 unspecified atom stereocenters. The van der Waals surface area contributed by atoms with Gasteiger partial charge in [-0.25, -0.2) is 4.39 Å². The average molecular weight is 387 g/mol.